The number of hydrogen-bond donors (Lipinski definition) is 4. The summed E-state index contributed by atoms with van der Waals surface area (Å²) in [5, 5.41) is 11.5. The van der Waals surface area contributed by atoms with Crippen LogP contribution in [0.3, 0.4) is 0 Å². The maximum Gasteiger partial charge on any atom is 0.243 e. The van der Waals surface area contributed by atoms with Crippen molar-refractivity contribution in [3.8, 4) is 0 Å². The van der Waals surface area contributed by atoms with Crippen LogP contribution in [0.2, 0.25) is 0 Å². The number of carbonyl (C=O) groups excluding carboxylic acids is 3. The molecule has 2 aliphatic rings. The fourth-order valence-electron chi connectivity index (χ4n) is 3.53. The lowest BCUT2D eigenvalue weighted by Crippen LogP contribution is -2.54. The summed E-state index contributed by atoms with van der Waals surface area (Å²) in [5.41, 5.74) is 0.775. The second kappa shape index (κ2) is 11.1. The van der Waals surface area contributed by atoms with Gasteiger partial charge in [-0.1, -0.05) is 13.8 Å². The Morgan fingerprint density at radius 2 is 1.72 bits per heavy atom. The molecule has 1 aromatic heterocycles. The fraction of sp³-hybridized carbons (Fsp3) is 0.667. The summed E-state index contributed by atoms with van der Waals surface area (Å²) in [6.07, 6.45) is 0.689. The molecule has 2 bridgehead atoms. The first-order valence-corrected chi connectivity index (χ1v) is 11.2. The molecule has 2 atom stereocenters. The van der Waals surface area contributed by atoms with E-state index in [2.05, 4.69) is 36.1 Å². The van der Waals surface area contributed by atoms with Gasteiger partial charge in [0.25, 0.3) is 0 Å². The minimum absolute atomic E-state index is 0.124. The monoisotopic (exact) mass is 447 g/mol. The van der Waals surface area contributed by atoms with Gasteiger partial charge >= 0.3 is 0 Å². The zero-order valence-corrected chi connectivity index (χ0v) is 18.9. The van der Waals surface area contributed by atoms with Gasteiger partial charge in [0.05, 0.1) is 13.2 Å². The Balaban J connectivity index is 1.79. The first-order valence-electron chi connectivity index (χ1n) is 11.2. The second-order valence-corrected chi connectivity index (χ2v) is 8.38. The molecule has 0 spiro atoms. The molecule has 2 aliphatic heterocycles. The highest BCUT2D eigenvalue weighted by molar-refractivity contribution is 5.92. The van der Waals surface area contributed by atoms with Crippen LogP contribution < -0.4 is 26.2 Å². The molecule has 3 heterocycles. The number of hydrogen-bond acceptors (Lipinski definition) is 8. The highest BCUT2D eigenvalue weighted by atomic mass is 16.5. The van der Waals surface area contributed by atoms with Gasteiger partial charge in [-0.05, 0) is 12.8 Å². The minimum atomic E-state index is -0.722. The summed E-state index contributed by atoms with van der Waals surface area (Å²) in [4.78, 5) is 48.8. The molecule has 1 aromatic rings. The molecule has 176 valence electrons. The van der Waals surface area contributed by atoms with Crippen molar-refractivity contribution in [2.24, 2.45) is 5.92 Å². The van der Waals surface area contributed by atoms with E-state index in [0.717, 1.165) is 5.69 Å². The van der Waals surface area contributed by atoms with E-state index in [1.54, 1.807) is 6.92 Å². The van der Waals surface area contributed by atoms with E-state index in [9.17, 15) is 14.4 Å². The zero-order chi connectivity index (χ0) is 23.1. The molecule has 3 amide bonds. The first-order chi connectivity index (χ1) is 15.3. The van der Waals surface area contributed by atoms with Crippen molar-refractivity contribution in [1.29, 1.82) is 0 Å². The molecule has 3 rings (SSSR count). The second-order valence-electron chi connectivity index (χ2n) is 8.38. The quantitative estimate of drug-likeness (QED) is 0.473. The number of morpholine rings is 1. The molecule has 0 aliphatic carbocycles. The number of anilines is 2. The van der Waals surface area contributed by atoms with Gasteiger partial charge in [0, 0.05) is 50.8 Å². The molecule has 1 saturated heterocycles. The molecule has 0 saturated carbocycles. The van der Waals surface area contributed by atoms with Crippen LogP contribution in [0.4, 0.5) is 11.8 Å². The van der Waals surface area contributed by atoms with Crippen molar-refractivity contribution in [2.45, 2.75) is 45.7 Å². The summed E-state index contributed by atoms with van der Waals surface area (Å²) in [6.45, 7) is 8.71. The predicted molar refractivity (Wildman–Crippen MR) is 119 cm³/mol. The third-order valence-electron chi connectivity index (χ3n) is 5.42. The van der Waals surface area contributed by atoms with Crippen LogP contribution in [0.5, 0.6) is 0 Å². The van der Waals surface area contributed by atoms with Gasteiger partial charge in [-0.25, -0.2) is 4.98 Å². The Morgan fingerprint density at radius 3 is 2.44 bits per heavy atom. The lowest BCUT2D eigenvalue weighted by atomic mass is 10.0. The highest BCUT2D eigenvalue weighted by Crippen LogP contribution is 2.16. The van der Waals surface area contributed by atoms with Crippen molar-refractivity contribution >= 4 is 29.5 Å². The molecule has 0 radical (unpaired) electrons. The van der Waals surface area contributed by atoms with Crippen LogP contribution in [-0.2, 0) is 25.5 Å². The highest BCUT2D eigenvalue weighted by Gasteiger charge is 2.27. The number of carbonyl (C=O) groups is 3. The van der Waals surface area contributed by atoms with E-state index < -0.39 is 12.1 Å². The van der Waals surface area contributed by atoms with Crippen LogP contribution in [0, 0.1) is 5.92 Å². The SMILES string of the molecule is CC(C)[C@H]1NC(=O)CCNc2cc(nc(N3CCOCC3)n2)CCNC(=O)[C@H](C)NC1=O. The Morgan fingerprint density at radius 1 is 1.00 bits per heavy atom. The number of ether oxygens (including phenoxy) is 1. The van der Waals surface area contributed by atoms with Gasteiger partial charge in [0.1, 0.15) is 17.9 Å². The summed E-state index contributed by atoms with van der Waals surface area (Å²) in [5.74, 6) is 0.180. The summed E-state index contributed by atoms with van der Waals surface area (Å²) in [7, 11) is 0. The summed E-state index contributed by atoms with van der Waals surface area (Å²) < 4.78 is 5.41. The number of aromatic nitrogens is 2. The maximum absolute atomic E-state index is 12.6. The first kappa shape index (κ1) is 23.7. The molecule has 11 nitrogen and oxygen atoms in total. The van der Waals surface area contributed by atoms with Gasteiger partial charge in [-0.2, -0.15) is 4.98 Å². The van der Waals surface area contributed by atoms with E-state index in [4.69, 9.17) is 4.74 Å². The number of fused-ring (bicyclic) bond motifs is 2. The van der Waals surface area contributed by atoms with Gasteiger partial charge in [0.2, 0.25) is 23.7 Å². The Labute approximate surface area is 188 Å². The molecular formula is C21H33N7O4. The topological polar surface area (TPSA) is 138 Å². The zero-order valence-electron chi connectivity index (χ0n) is 18.9. The van der Waals surface area contributed by atoms with Gasteiger partial charge in [0.15, 0.2) is 0 Å². The van der Waals surface area contributed by atoms with E-state index in [0.29, 0.717) is 57.6 Å². The minimum Gasteiger partial charge on any atom is -0.378 e. The van der Waals surface area contributed by atoms with Crippen molar-refractivity contribution in [1.82, 2.24) is 25.9 Å². The van der Waals surface area contributed by atoms with Gasteiger partial charge in [-0.15, -0.1) is 0 Å². The molecule has 0 unspecified atom stereocenters. The fourth-order valence-corrected chi connectivity index (χ4v) is 3.53. The molecule has 0 aromatic carbocycles. The van der Waals surface area contributed by atoms with Crippen LogP contribution in [0.25, 0.3) is 0 Å². The van der Waals surface area contributed by atoms with Crippen LogP contribution in [0.1, 0.15) is 32.9 Å². The van der Waals surface area contributed by atoms with E-state index in [1.807, 2.05) is 19.9 Å². The van der Waals surface area contributed by atoms with Crippen LogP contribution in [-0.4, -0.2) is 79.2 Å². The summed E-state index contributed by atoms with van der Waals surface area (Å²) in [6, 6.07) is 0.395. The molecule has 4 N–H and O–H groups in total. The van der Waals surface area contributed by atoms with Gasteiger partial charge in [-0.3, -0.25) is 14.4 Å². The van der Waals surface area contributed by atoms with E-state index >= 15 is 0 Å². The number of nitrogens with one attached hydrogen (secondary N) is 4. The van der Waals surface area contributed by atoms with E-state index in [-0.39, 0.29) is 30.1 Å². The third kappa shape index (κ3) is 6.52. The number of nitrogens with zero attached hydrogens (tertiary/aromatic N) is 3. The number of rotatable bonds is 2. The average molecular weight is 448 g/mol. The number of amides is 3. The van der Waals surface area contributed by atoms with Crippen molar-refractivity contribution in [3.63, 3.8) is 0 Å². The van der Waals surface area contributed by atoms with E-state index in [1.165, 1.54) is 0 Å². The third-order valence-corrected chi connectivity index (χ3v) is 5.42. The molecular weight excluding hydrogens is 414 g/mol. The Bertz CT molecular complexity index is 826. The largest absolute Gasteiger partial charge is 0.378 e. The van der Waals surface area contributed by atoms with Crippen molar-refractivity contribution < 1.29 is 19.1 Å². The molecule has 32 heavy (non-hydrogen) atoms. The van der Waals surface area contributed by atoms with Crippen molar-refractivity contribution in [2.75, 3.05) is 49.6 Å². The smallest absolute Gasteiger partial charge is 0.243 e. The van der Waals surface area contributed by atoms with Crippen LogP contribution >= 0.6 is 0 Å². The van der Waals surface area contributed by atoms with Crippen molar-refractivity contribution in [3.05, 3.63) is 11.8 Å². The van der Waals surface area contributed by atoms with Gasteiger partial charge < -0.3 is 30.9 Å². The van der Waals surface area contributed by atoms with Crippen LogP contribution in [0.15, 0.2) is 6.07 Å². The molecule has 1 fully saturated rings. The lowest BCUT2D eigenvalue weighted by Gasteiger charge is -2.27. The molecule has 11 heteroatoms. The lowest BCUT2D eigenvalue weighted by molar-refractivity contribution is -0.132. The Hall–Kier alpha value is -2.95. The summed E-state index contributed by atoms with van der Waals surface area (Å²) >= 11 is 0. The standard InChI is InChI=1S/C21H33N7O4/c1-13(2)18-20(31)24-14(3)19(30)23-6-4-15-12-16(22-7-5-17(29)27-18)26-21(25-15)28-8-10-32-11-9-28/h12-14,18H,4-11H2,1-3H3,(H,23,30)(H,24,31)(H,27,29)(H,22,25,26)/t14-,18+/m0/s1. The Kier molecular flexibility index (Phi) is 8.20. The predicted octanol–water partition coefficient (Wildman–Crippen LogP) is -0.567. The maximum atomic E-state index is 12.6. The normalized spacial score (nSPS) is 23.8. The average Bonchev–Trinajstić information content (AvgIpc) is 2.77.